The zero-order chi connectivity index (χ0) is 18.5. The fourth-order valence-electron chi connectivity index (χ4n) is 2.79. The number of anilines is 1. The summed E-state index contributed by atoms with van der Waals surface area (Å²) in [5, 5.41) is 16.4. The van der Waals surface area contributed by atoms with E-state index >= 15 is 0 Å². The van der Waals surface area contributed by atoms with Gasteiger partial charge < -0.3 is 10.1 Å². The Morgan fingerprint density at radius 2 is 2.31 bits per heavy atom. The molecule has 2 aromatic rings. The van der Waals surface area contributed by atoms with Crippen LogP contribution in [-0.4, -0.2) is 45.4 Å². The molecule has 1 atom stereocenters. The first-order chi connectivity index (χ1) is 12.6. The maximum atomic E-state index is 12.4. The van der Waals surface area contributed by atoms with E-state index in [-0.39, 0.29) is 24.2 Å². The zero-order valence-corrected chi connectivity index (χ0v) is 15.7. The van der Waals surface area contributed by atoms with Crippen LogP contribution < -0.4 is 10.2 Å². The van der Waals surface area contributed by atoms with Crippen LogP contribution in [0, 0.1) is 5.92 Å². The van der Waals surface area contributed by atoms with Crippen molar-refractivity contribution in [1.82, 2.24) is 25.3 Å². The van der Waals surface area contributed by atoms with E-state index in [1.165, 1.54) is 16.2 Å². The van der Waals surface area contributed by atoms with Crippen LogP contribution in [0.1, 0.15) is 30.3 Å². The number of nitrogens with one attached hydrogen (secondary N) is 1. The van der Waals surface area contributed by atoms with Crippen molar-refractivity contribution in [3.63, 3.8) is 0 Å². The number of carbonyl (C=O) groups is 2. The van der Waals surface area contributed by atoms with Crippen molar-refractivity contribution in [3.05, 3.63) is 23.0 Å². The Morgan fingerprint density at radius 1 is 1.46 bits per heavy atom. The molecule has 3 rings (SSSR count). The van der Waals surface area contributed by atoms with E-state index in [9.17, 15) is 9.59 Å². The summed E-state index contributed by atoms with van der Waals surface area (Å²) in [6, 6.07) is 0. The van der Waals surface area contributed by atoms with E-state index in [0.717, 1.165) is 18.5 Å². The number of hydrogen-bond acceptors (Lipinski definition) is 7. The van der Waals surface area contributed by atoms with E-state index in [1.807, 2.05) is 10.9 Å². The van der Waals surface area contributed by atoms with Crippen LogP contribution in [0.3, 0.4) is 0 Å². The third-order valence-corrected chi connectivity index (χ3v) is 4.98. The van der Waals surface area contributed by atoms with E-state index in [1.54, 1.807) is 13.3 Å². The van der Waals surface area contributed by atoms with Crippen molar-refractivity contribution in [2.24, 2.45) is 5.92 Å². The summed E-state index contributed by atoms with van der Waals surface area (Å²) >= 11 is 1.30. The third kappa shape index (κ3) is 4.25. The SMILES string of the molecule is CCCn1cc(CNC(=O)C2CC(=O)N(c3nnc(COC)s3)C2)cn1. The van der Waals surface area contributed by atoms with E-state index < -0.39 is 0 Å². The molecule has 26 heavy (non-hydrogen) atoms. The number of aryl methyl sites for hydroxylation is 1. The zero-order valence-electron chi connectivity index (χ0n) is 14.8. The third-order valence-electron chi connectivity index (χ3n) is 4.06. The van der Waals surface area contributed by atoms with E-state index in [2.05, 4.69) is 27.5 Å². The summed E-state index contributed by atoms with van der Waals surface area (Å²) in [6.45, 7) is 4.02. The summed E-state index contributed by atoms with van der Waals surface area (Å²) in [5.41, 5.74) is 0.946. The quantitative estimate of drug-likeness (QED) is 0.734. The molecule has 0 spiro atoms. The van der Waals surface area contributed by atoms with Gasteiger partial charge in [-0.1, -0.05) is 18.3 Å². The Balaban J connectivity index is 1.54. The van der Waals surface area contributed by atoms with Crippen molar-refractivity contribution >= 4 is 28.3 Å². The van der Waals surface area contributed by atoms with Crippen molar-refractivity contribution in [1.29, 1.82) is 0 Å². The molecule has 0 saturated carbocycles. The Labute approximate surface area is 155 Å². The molecule has 2 amide bonds. The molecule has 3 heterocycles. The topological polar surface area (TPSA) is 102 Å². The molecule has 0 aromatic carbocycles. The predicted molar refractivity (Wildman–Crippen MR) is 95.4 cm³/mol. The molecule has 140 valence electrons. The van der Waals surface area contributed by atoms with Crippen LogP contribution in [0.15, 0.2) is 12.4 Å². The molecule has 1 fully saturated rings. The first-order valence-electron chi connectivity index (χ1n) is 8.51. The second-order valence-corrected chi connectivity index (χ2v) is 7.19. The summed E-state index contributed by atoms with van der Waals surface area (Å²) in [6.07, 6.45) is 4.86. The largest absolute Gasteiger partial charge is 0.377 e. The number of hydrogen-bond donors (Lipinski definition) is 1. The van der Waals surface area contributed by atoms with Crippen LogP contribution in [0.2, 0.25) is 0 Å². The number of ether oxygens (including phenoxy) is 1. The molecule has 0 aliphatic carbocycles. The predicted octanol–water partition coefficient (Wildman–Crippen LogP) is 0.960. The Hall–Kier alpha value is -2.33. The molecule has 1 N–H and O–H groups in total. The van der Waals surface area contributed by atoms with Gasteiger partial charge in [0.05, 0.1) is 12.1 Å². The van der Waals surface area contributed by atoms with Gasteiger partial charge >= 0.3 is 0 Å². The molecule has 0 bridgehead atoms. The van der Waals surface area contributed by atoms with E-state index in [4.69, 9.17) is 4.74 Å². The summed E-state index contributed by atoms with van der Waals surface area (Å²) in [4.78, 5) is 26.2. The Morgan fingerprint density at radius 3 is 3.08 bits per heavy atom. The summed E-state index contributed by atoms with van der Waals surface area (Å²) < 4.78 is 6.87. The number of rotatable bonds is 8. The van der Waals surface area contributed by atoms with Crippen molar-refractivity contribution in [3.8, 4) is 0 Å². The van der Waals surface area contributed by atoms with Gasteiger partial charge in [-0.05, 0) is 6.42 Å². The number of methoxy groups -OCH3 is 1. The standard InChI is InChI=1S/C16H22N6O3S/c1-3-4-21-8-11(7-18-21)6-17-15(24)12-5-14(23)22(9-12)16-20-19-13(26-16)10-25-2/h7-8,12H,3-6,9-10H2,1-2H3,(H,17,24). The highest BCUT2D eigenvalue weighted by atomic mass is 32.1. The molecular formula is C16H22N6O3S. The van der Waals surface area contributed by atoms with Crippen molar-refractivity contribution in [2.45, 2.75) is 39.5 Å². The van der Waals surface area contributed by atoms with Crippen LogP contribution in [0.4, 0.5) is 5.13 Å². The number of carbonyl (C=O) groups excluding carboxylic acids is 2. The molecule has 1 unspecified atom stereocenters. The van der Waals surface area contributed by atoms with Gasteiger partial charge in [0, 0.05) is 44.9 Å². The van der Waals surface area contributed by atoms with Gasteiger partial charge in [-0.15, -0.1) is 10.2 Å². The lowest BCUT2D eigenvalue weighted by Gasteiger charge is -2.12. The molecule has 9 nitrogen and oxygen atoms in total. The Kier molecular flexibility index (Phi) is 5.94. The summed E-state index contributed by atoms with van der Waals surface area (Å²) in [5.74, 6) is -0.630. The fraction of sp³-hybridized carbons (Fsp3) is 0.562. The molecule has 0 radical (unpaired) electrons. The normalized spacial score (nSPS) is 17.1. The lowest BCUT2D eigenvalue weighted by atomic mass is 10.1. The van der Waals surface area contributed by atoms with E-state index in [0.29, 0.717) is 29.8 Å². The number of amides is 2. The molecule has 1 saturated heterocycles. The van der Waals surface area contributed by atoms with Crippen LogP contribution in [-0.2, 0) is 34.0 Å². The lowest BCUT2D eigenvalue weighted by Crippen LogP contribution is -2.32. The van der Waals surface area contributed by atoms with Crippen LogP contribution >= 0.6 is 11.3 Å². The maximum absolute atomic E-state index is 12.4. The number of nitrogens with zero attached hydrogens (tertiary/aromatic N) is 5. The minimum atomic E-state index is -0.386. The average Bonchev–Trinajstić information content (AvgIpc) is 3.33. The number of aromatic nitrogens is 4. The minimum absolute atomic E-state index is 0.110. The second kappa shape index (κ2) is 8.37. The smallest absolute Gasteiger partial charge is 0.229 e. The van der Waals surface area contributed by atoms with Crippen LogP contribution in [0.25, 0.3) is 0 Å². The molecule has 1 aliphatic heterocycles. The van der Waals surface area contributed by atoms with Crippen molar-refractivity contribution < 1.29 is 14.3 Å². The first-order valence-corrected chi connectivity index (χ1v) is 9.33. The van der Waals surface area contributed by atoms with Gasteiger partial charge in [0.25, 0.3) is 0 Å². The molecular weight excluding hydrogens is 356 g/mol. The average molecular weight is 378 g/mol. The van der Waals surface area contributed by atoms with Gasteiger partial charge in [0.15, 0.2) is 0 Å². The van der Waals surface area contributed by atoms with Gasteiger partial charge in [0.1, 0.15) is 11.6 Å². The highest BCUT2D eigenvalue weighted by Crippen LogP contribution is 2.28. The monoisotopic (exact) mass is 378 g/mol. The minimum Gasteiger partial charge on any atom is -0.377 e. The highest BCUT2D eigenvalue weighted by Gasteiger charge is 2.36. The first kappa shape index (κ1) is 18.5. The van der Waals surface area contributed by atoms with Crippen molar-refractivity contribution in [2.75, 3.05) is 18.6 Å². The Bertz CT molecular complexity index is 774. The van der Waals surface area contributed by atoms with Gasteiger partial charge in [-0.25, -0.2) is 0 Å². The lowest BCUT2D eigenvalue weighted by molar-refractivity contribution is -0.126. The van der Waals surface area contributed by atoms with Gasteiger partial charge in [0.2, 0.25) is 16.9 Å². The summed E-state index contributed by atoms with van der Waals surface area (Å²) in [7, 11) is 1.58. The molecule has 10 heteroatoms. The van der Waals surface area contributed by atoms with Gasteiger partial charge in [-0.2, -0.15) is 5.10 Å². The fourth-order valence-corrected chi connectivity index (χ4v) is 3.62. The van der Waals surface area contributed by atoms with Gasteiger partial charge in [-0.3, -0.25) is 19.2 Å². The highest BCUT2D eigenvalue weighted by molar-refractivity contribution is 7.15. The molecule has 2 aromatic heterocycles. The maximum Gasteiger partial charge on any atom is 0.229 e. The second-order valence-electron chi connectivity index (χ2n) is 6.15. The van der Waals surface area contributed by atoms with Crippen LogP contribution in [0.5, 0.6) is 0 Å². The molecule has 1 aliphatic rings.